The van der Waals surface area contributed by atoms with E-state index >= 15 is 0 Å². The molecule has 0 radical (unpaired) electrons. The van der Waals surface area contributed by atoms with Gasteiger partial charge < -0.3 is 10.2 Å². The fourth-order valence-electron chi connectivity index (χ4n) is 2.26. The molecule has 1 aliphatic heterocycles. The van der Waals surface area contributed by atoms with E-state index in [1.54, 1.807) is 54.6 Å². The van der Waals surface area contributed by atoms with E-state index in [1.807, 2.05) is 0 Å². The van der Waals surface area contributed by atoms with Crippen molar-refractivity contribution in [2.45, 2.75) is 0 Å². The zero-order chi connectivity index (χ0) is 13.4. The Morgan fingerprint density at radius 1 is 0.947 bits per heavy atom. The Labute approximate surface area is 109 Å². The molecule has 0 saturated carbocycles. The molecule has 3 rings (SSSR count). The standard InChI is InChI=1S/C15H11NO3/c17-14-9-10-5-1-3-7-12(10)16(15(18)19)13-8-4-2-6-11(13)14/h1-9,17H,(H,18,19). The number of fused-ring (bicyclic) bond motifs is 2. The van der Waals surface area contributed by atoms with E-state index < -0.39 is 6.09 Å². The van der Waals surface area contributed by atoms with Gasteiger partial charge in [-0.05, 0) is 24.3 Å². The van der Waals surface area contributed by atoms with Crippen molar-refractivity contribution in [3.05, 3.63) is 59.7 Å². The number of rotatable bonds is 0. The van der Waals surface area contributed by atoms with Crippen LogP contribution in [-0.4, -0.2) is 16.3 Å². The molecule has 1 amide bonds. The monoisotopic (exact) mass is 253 g/mol. The van der Waals surface area contributed by atoms with Crippen LogP contribution in [0.25, 0.3) is 11.8 Å². The summed E-state index contributed by atoms with van der Waals surface area (Å²) in [7, 11) is 0. The van der Waals surface area contributed by atoms with Crippen molar-refractivity contribution in [2.24, 2.45) is 0 Å². The van der Waals surface area contributed by atoms with Crippen molar-refractivity contribution < 1.29 is 15.0 Å². The lowest BCUT2D eigenvalue weighted by Crippen LogP contribution is -2.24. The fourth-order valence-corrected chi connectivity index (χ4v) is 2.26. The van der Waals surface area contributed by atoms with E-state index in [2.05, 4.69) is 0 Å². The summed E-state index contributed by atoms with van der Waals surface area (Å²) in [6, 6.07) is 13.9. The van der Waals surface area contributed by atoms with Crippen LogP contribution in [-0.2, 0) is 0 Å². The lowest BCUT2D eigenvalue weighted by Gasteiger charge is -2.21. The van der Waals surface area contributed by atoms with Gasteiger partial charge in [0.15, 0.2) is 0 Å². The number of anilines is 2. The maximum absolute atomic E-state index is 11.6. The van der Waals surface area contributed by atoms with E-state index in [4.69, 9.17) is 0 Å². The number of benzene rings is 2. The Balaban J connectivity index is 2.36. The van der Waals surface area contributed by atoms with Gasteiger partial charge >= 0.3 is 6.09 Å². The van der Waals surface area contributed by atoms with Crippen LogP contribution >= 0.6 is 0 Å². The molecule has 0 bridgehead atoms. The molecule has 2 aromatic rings. The topological polar surface area (TPSA) is 60.8 Å². The average molecular weight is 253 g/mol. The normalized spacial score (nSPS) is 13.1. The summed E-state index contributed by atoms with van der Waals surface area (Å²) in [6.45, 7) is 0. The first-order valence-corrected chi connectivity index (χ1v) is 5.80. The Hall–Kier alpha value is -2.75. The van der Waals surface area contributed by atoms with E-state index in [1.165, 1.54) is 4.90 Å². The molecule has 0 spiro atoms. The summed E-state index contributed by atoms with van der Waals surface area (Å²) in [5.41, 5.74) is 2.15. The Morgan fingerprint density at radius 2 is 1.58 bits per heavy atom. The summed E-state index contributed by atoms with van der Waals surface area (Å²) < 4.78 is 0. The molecule has 4 heteroatoms. The molecular weight excluding hydrogens is 242 g/mol. The molecule has 0 atom stereocenters. The molecule has 94 valence electrons. The molecule has 0 saturated heterocycles. The van der Waals surface area contributed by atoms with Crippen molar-refractivity contribution in [3.63, 3.8) is 0 Å². The fraction of sp³-hybridized carbons (Fsp3) is 0. The second-order valence-corrected chi connectivity index (χ2v) is 4.22. The van der Waals surface area contributed by atoms with Gasteiger partial charge in [0, 0.05) is 11.1 Å². The van der Waals surface area contributed by atoms with Crippen LogP contribution in [0.1, 0.15) is 11.1 Å². The zero-order valence-corrected chi connectivity index (χ0v) is 9.95. The van der Waals surface area contributed by atoms with Crippen molar-refractivity contribution in [1.29, 1.82) is 0 Å². The van der Waals surface area contributed by atoms with Gasteiger partial charge in [0.25, 0.3) is 0 Å². The summed E-state index contributed by atoms with van der Waals surface area (Å²) >= 11 is 0. The maximum Gasteiger partial charge on any atom is 0.416 e. The third-order valence-electron chi connectivity index (χ3n) is 3.08. The number of hydrogen-bond acceptors (Lipinski definition) is 2. The molecule has 0 aromatic heterocycles. The van der Waals surface area contributed by atoms with Crippen LogP contribution < -0.4 is 4.90 Å². The number of aliphatic hydroxyl groups excluding tert-OH is 1. The number of nitrogens with zero attached hydrogens (tertiary/aromatic N) is 1. The van der Waals surface area contributed by atoms with Crippen LogP contribution in [0.15, 0.2) is 48.5 Å². The molecular formula is C15H11NO3. The first kappa shape index (κ1) is 11.3. The third kappa shape index (κ3) is 1.74. The van der Waals surface area contributed by atoms with Crippen LogP contribution in [0.4, 0.5) is 16.2 Å². The Kier molecular flexibility index (Phi) is 2.49. The van der Waals surface area contributed by atoms with Gasteiger partial charge in [-0.3, -0.25) is 0 Å². The van der Waals surface area contributed by atoms with Crippen LogP contribution in [0.2, 0.25) is 0 Å². The second kappa shape index (κ2) is 4.17. The Morgan fingerprint density at radius 3 is 2.32 bits per heavy atom. The summed E-state index contributed by atoms with van der Waals surface area (Å²) in [5, 5.41) is 19.6. The number of amides is 1. The first-order valence-electron chi connectivity index (χ1n) is 5.80. The molecule has 1 aliphatic rings. The molecule has 4 nitrogen and oxygen atoms in total. The number of aliphatic hydroxyl groups is 1. The third-order valence-corrected chi connectivity index (χ3v) is 3.08. The van der Waals surface area contributed by atoms with Crippen molar-refractivity contribution in [2.75, 3.05) is 4.90 Å². The summed E-state index contributed by atoms with van der Waals surface area (Å²) in [4.78, 5) is 12.7. The minimum absolute atomic E-state index is 0.0619. The maximum atomic E-state index is 11.6. The van der Waals surface area contributed by atoms with E-state index in [9.17, 15) is 15.0 Å². The van der Waals surface area contributed by atoms with Crippen molar-refractivity contribution in [1.82, 2.24) is 0 Å². The first-order chi connectivity index (χ1) is 9.18. The Bertz CT molecular complexity index is 691. The quantitative estimate of drug-likeness (QED) is 0.749. The smallest absolute Gasteiger partial charge is 0.416 e. The predicted molar refractivity (Wildman–Crippen MR) is 73.5 cm³/mol. The number of hydrogen-bond donors (Lipinski definition) is 2. The van der Waals surface area contributed by atoms with Gasteiger partial charge in [-0.2, -0.15) is 0 Å². The number of carboxylic acid groups (broad SMARTS) is 1. The van der Waals surface area contributed by atoms with Crippen LogP contribution in [0, 0.1) is 0 Å². The van der Waals surface area contributed by atoms with E-state index in [0.29, 0.717) is 22.5 Å². The minimum Gasteiger partial charge on any atom is -0.507 e. The van der Waals surface area contributed by atoms with Gasteiger partial charge in [-0.1, -0.05) is 30.3 Å². The molecule has 0 fully saturated rings. The van der Waals surface area contributed by atoms with Crippen molar-refractivity contribution >= 4 is 29.3 Å². The molecule has 19 heavy (non-hydrogen) atoms. The van der Waals surface area contributed by atoms with Crippen LogP contribution in [0.3, 0.4) is 0 Å². The molecule has 1 heterocycles. The van der Waals surface area contributed by atoms with Gasteiger partial charge in [0.1, 0.15) is 5.76 Å². The summed E-state index contributed by atoms with van der Waals surface area (Å²) in [6.07, 6.45) is 0.500. The summed E-state index contributed by atoms with van der Waals surface area (Å²) in [5.74, 6) is 0.0619. The lowest BCUT2D eigenvalue weighted by molar-refractivity contribution is 0.205. The predicted octanol–water partition coefficient (Wildman–Crippen LogP) is 3.87. The zero-order valence-electron chi connectivity index (χ0n) is 9.95. The molecule has 2 N–H and O–H groups in total. The SMILES string of the molecule is O=C(O)N1c2ccccc2C=C(O)c2ccccc21. The van der Waals surface area contributed by atoms with E-state index in [-0.39, 0.29) is 5.76 Å². The largest absolute Gasteiger partial charge is 0.507 e. The van der Waals surface area contributed by atoms with Gasteiger partial charge in [-0.15, -0.1) is 0 Å². The highest BCUT2D eigenvalue weighted by Crippen LogP contribution is 2.38. The molecule has 0 unspecified atom stereocenters. The highest BCUT2D eigenvalue weighted by atomic mass is 16.4. The average Bonchev–Trinajstić information content (AvgIpc) is 2.53. The second-order valence-electron chi connectivity index (χ2n) is 4.22. The van der Waals surface area contributed by atoms with Gasteiger partial charge in [-0.25, -0.2) is 9.69 Å². The van der Waals surface area contributed by atoms with Crippen molar-refractivity contribution in [3.8, 4) is 0 Å². The highest BCUT2D eigenvalue weighted by molar-refractivity contribution is 6.03. The van der Waals surface area contributed by atoms with Gasteiger partial charge in [0.2, 0.25) is 0 Å². The number of para-hydroxylation sites is 2. The minimum atomic E-state index is -1.08. The number of carbonyl (C=O) groups is 1. The van der Waals surface area contributed by atoms with Crippen LogP contribution in [0.5, 0.6) is 0 Å². The molecule has 0 aliphatic carbocycles. The highest BCUT2D eigenvalue weighted by Gasteiger charge is 2.25. The van der Waals surface area contributed by atoms with E-state index in [0.717, 1.165) is 0 Å². The molecule has 2 aromatic carbocycles. The van der Waals surface area contributed by atoms with Gasteiger partial charge in [0.05, 0.1) is 11.4 Å². The lowest BCUT2D eigenvalue weighted by atomic mass is 10.1.